The van der Waals surface area contributed by atoms with Crippen LogP contribution in [0.2, 0.25) is 0 Å². The molecule has 1 unspecified atom stereocenters. The fraction of sp³-hybridized carbons (Fsp3) is 0.583. The van der Waals surface area contributed by atoms with E-state index < -0.39 is 0 Å². The predicted octanol–water partition coefficient (Wildman–Crippen LogP) is 2.34. The van der Waals surface area contributed by atoms with E-state index in [1.54, 1.807) is 0 Å². The summed E-state index contributed by atoms with van der Waals surface area (Å²) in [5.41, 5.74) is 5.48. The number of aryl methyl sites for hydroxylation is 1. The summed E-state index contributed by atoms with van der Waals surface area (Å²) >= 11 is 0. The molecule has 0 fully saturated rings. The van der Waals surface area contributed by atoms with E-state index >= 15 is 0 Å². The monoisotopic (exact) mass is 207 g/mol. The lowest BCUT2D eigenvalue weighted by molar-refractivity contribution is 0.491. The molecule has 3 heteroatoms. The van der Waals surface area contributed by atoms with Crippen molar-refractivity contribution < 1.29 is 0 Å². The molecule has 0 aromatic carbocycles. The van der Waals surface area contributed by atoms with Crippen LogP contribution in [0.25, 0.3) is 0 Å². The van der Waals surface area contributed by atoms with E-state index in [-0.39, 0.29) is 6.04 Å². The highest BCUT2D eigenvalue weighted by Gasteiger charge is 2.12. The van der Waals surface area contributed by atoms with Crippen LogP contribution in [0.15, 0.2) is 18.5 Å². The van der Waals surface area contributed by atoms with Gasteiger partial charge in [-0.1, -0.05) is 26.7 Å². The second-order valence-corrected chi connectivity index (χ2v) is 3.79. The van der Waals surface area contributed by atoms with Crippen molar-refractivity contribution in [1.29, 1.82) is 0 Å². The molecule has 15 heavy (non-hydrogen) atoms. The number of rotatable bonds is 6. The molecule has 1 aromatic heterocycles. The number of hydrazine groups is 1. The number of nitrogens with zero attached hydrogens (tertiary/aromatic N) is 1. The van der Waals surface area contributed by atoms with Crippen LogP contribution >= 0.6 is 0 Å². The highest BCUT2D eigenvalue weighted by molar-refractivity contribution is 5.26. The molecule has 1 atom stereocenters. The Morgan fingerprint density at radius 1 is 1.47 bits per heavy atom. The average molecular weight is 207 g/mol. The third-order valence-electron chi connectivity index (χ3n) is 2.75. The molecule has 0 aliphatic rings. The topological polar surface area (TPSA) is 50.9 Å². The van der Waals surface area contributed by atoms with Crippen molar-refractivity contribution in [2.75, 3.05) is 0 Å². The summed E-state index contributed by atoms with van der Waals surface area (Å²) < 4.78 is 0. The van der Waals surface area contributed by atoms with Crippen LogP contribution in [-0.2, 0) is 6.42 Å². The molecule has 0 radical (unpaired) electrons. The molecular formula is C12H21N3. The molecule has 3 nitrogen and oxygen atoms in total. The van der Waals surface area contributed by atoms with Crippen LogP contribution in [0.4, 0.5) is 0 Å². The van der Waals surface area contributed by atoms with Gasteiger partial charge in [-0.05, 0) is 30.0 Å². The number of hydrogen-bond donors (Lipinski definition) is 2. The molecule has 0 bridgehead atoms. The van der Waals surface area contributed by atoms with Gasteiger partial charge in [0.15, 0.2) is 0 Å². The predicted molar refractivity (Wildman–Crippen MR) is 63.2 cm³/mol. The van der Waals surface area contributed by atoms with Crippen molar-refractivity contribution in [3.05, 3.63) is 29.6 Å². The Bertz CT molecular complexity index is 286. The van der Waals surface area contributed by atoms with Crippen LogP contribution in [0.1, 0.15) is 50.3 Å². The first-order valence-corrected chi connectivity index (χ1v) is 5.72. The Kier molecular flexibility index (Phi) is 5.29. The first-order chi connectivity index (χ1) is 7.33. The number of aromatic nitrogens is 1. The van der Waals surface area contributed by atoms with Crippen molar-refractivity contribution in [3.63, 3.8) is 0 Å². The van der Waals surface area contributed by atoms with E-state index in [4.69, 9.17) is 5.84 Å². The molecule has 0 aliphatic heterocycles. The lowest BCUT2D eigenvalue weighted by Gasteiger charge is -2.18. The first kappa shape index (κ1) is 12.1. The maximum absolute atomic E-state index is 5.60. The lowest BCUT2D eigenvalue weighted by Crippen LogP contribution is -2.28. The maximum atomic E-state index is 5.60. The van der Waals surface area contributed by atoms with Crippen molar-refractivity contribution in [2.24, 2.45) is 5.84 Å². The molecule has 1 heterocycles. The second kappa shape index (κ2) is 6.53. The summed E-state index contributed by atoms with van der Waals surface area (Å²) in [5, 5.41) is 0. The SMILES string of the molecule is CCCCC(NN)c1ccncc1CC. The highest BCUT2D eigenvalue weighted by Crippen LogP contribution is 2.21. The third kappa shape index (κ3) is 3.29. The van der Waals surface area contributed by atoms with Gasteiger partial charge in [-0.15, -0.1) is 0 Å². The summed E-state index contributed by atoms with van der Waals surface area (Å²) in [6.45, 7) is 4.34. The molecular weight excluding hydrogens is 186 g/mol. The maximum Gasteiger partial charge on any atom is 0.0463 e. The minimum atomic E-state index is 0.267. The summed E-state index contributed by atoms with van der Waals surface area (Å²) in [6, 6.07) is 2.34. The van der Waals surface area contributed by atoms with Crippen LogP contribution in [0.5, 0.6) is 0 Å². The van der Waals surface area contributed by atoms with E-state index in [0.29, 0.717) is 0 Å². The van der Waals surface area contributed by atoms with Gasteiger partial charge in [0, 0.05) is 18.4 Å². The summed E-state index contributed by atoms with van der Waals surface area (Å²) in [5.74, 6) is 5.60. The number of pyridine rings is 1. The molecule has 84 valence electrons. The van der Waals surface area contributed by atoms with Gasteiger partial charge in [0.1, 0.15) is 0 Å². The summed E-state index contributed by atoms with van der Waals surface area (Å²) in [4.78, 5) is 4.14. The van der Waals surface area contributed by atoms with Gasteiger partial charge in [0.05, 0.1) is 0 Å². The number of hydrogen-bond acceptors (Lipinski definition) is 3. The van der Waals surface area contributed by atoms with Gasteiger partial charge >= 0.3 is 0 Å². The number of nitrogens with one attached hydrogen (secondary N) is 1. The van der Waals surface area contributed by atoms with E-state index in [9.17, 15) is 0 Å². The normalized spacial score (nSPS) is 12.7. The van der Waals surface area contributed by atoms with Gasteiger partial charge in [-0.25, -0.2) is 0 Å². The lowest BCUT2D eigenvalue weighted by atomic mass is 9.97. The minimum Gasteiger partial charge on any atom is -0.271 e. The average Bonchev–Trinajstić information content (AvgIpc) is 2.30. The zero-order valence-corrected chi connectivity index (χ0v) is 9.66. The standard InChI is InChI=1S/C12H21N3/c1-3-5-6-12(15-13)11-7-8-14-9-10(11)4-2/h7-9,12,15H,3-6,13H2,1-2H3. The van der Waals surface area contributed by atoms with Crippen LogP contribution < -0.4 is 11.3 Å². The van der Waals surface area contributed by atoms with Crippen LogP contribution in [-0.4, -0.2) is 4.98 Å². The fourth-order valence-corrected chi connectivity index (χ4v) is 1.81. The molecule has 0 aliphatic carbocycles. The largest absolute Gasteiger partial charge is 0.271 e. The van der Waals surface area contributed by atoms with Gasteiger partial charge in [-0.3, -0.25) is 16.3 Å². The van der Waals surface area contributed by atoms with Gasteiger partial charge in [0.25, 0.3) is 0 Å². The Morgan fingerprint density at radius 2 is 2.27 bits per heavy atom. The minimum absolute atomic E-state index is 0.267. The highest BCUT2D eigenvalue weighted by atomic mass is 15.2. The molecule has 0 spiro atoms. The van der Waals surface area contributed by atoms with Gasteiger partial charge in [-0.2, -0.15) is 0 Å². The third-order valence-corrected chi connectivity index (χ3v) is 2.75. The Balaban J connectivity index is 2.80. The van der Waals surface area contributed by atoms with E-state index in [1.807, 2.05) is 12.4 Å². The van der Waals surface area contributed by atoms with E-state index in [1.165, 1.54) is 24.0 Å². The van der Waals surface area contributed by atoms with Gasteiger partial charge in [0.2, 0.25) is 0 Å². The second-order valence-electron chi connectivity index (χ2n) is 3.79. The molecule has 1 aromatic rings. The number of nitrogens with two attached hydrogens (primary N) is 1. The van der Waals surface area contributed by atoms with Crippen molar-refractivity contribution >= 4 is 0 Å². The molecule has 3 N–H and O–H groups in total. The van der Waals surface area contributed by atoms with Crippen molar-refractivity contribution in [3.8, 4) is 0 Å². The van der Waals surface area contributed by atoms with E-state index in [0.717, 1.165) is 12.8 Å². The zero-order chi connectivity index (χ0) is 11.1. The molecule has 0 amide bonds. The molecule has 0 saturated carbocycles. The Labute approximate surface area is 92.1 Å². The quantitative estimate of drug-likeness (QED) is 0.556. The zero-order valence-electron chi connectivity index (χ0n) is 9.66. The first-order valence-electron chi connectivity index (χ1n) is 5.72. The van der Waals surface area contributed by atoms with E-state index in [2.05, 4.69) is 30.3 Å². The Morgan fingerprint density at radius 3 is 2.87 bits per heavy atom. The Hall–Kier alpha value is -0.930. The number of unbranched alkanes of at least 4 members (excludes halogenated alkanes) is 1. The fourth-order valence-electron chi connectivity index (χ4n) is 1.81. The van der Waals surface area contributed by atoms with Crippen molar-refractivity contribution in [1.82, 2.24) is 10.4 Å². The summed E-state index contributed by atoms with van der Waals surface area (Å²) in [6.07, 6.45) is 8.26. The van der Waals surface area contributed by atoms with Crippen LogP contribution in [0, 0.1) is 0 Å². The van der Waals surface area contributed by atoms with Crippen LogP contribution in [0.3, 0.4) is 0 Å². The summed E-state index contributed by atoms with van der Waals surface area (Å²) in [7, 11) is 0. The smallest absolute Gasteiger partial charge is 0.0463 e. The molecule has 0 saturated heterocycles. The van der Waals surface area contributed by atoms with Gasteiger partial charge < -0.3 is 0 Å². The van der Waals surface area contributed by atoms with Crippen molar-refractivity contribution in [2.45, 2.75) is 45.6 Å². The molecule has 1 rings (SSSR count).